The number of fused-ring (bicyclic) bond motifs is 1. The third kappa shape index (κ3) is 1.87. The second-order valence-electron chi connectivity index (χ2n) is 3.39. The van der Waals surface area contributed by atoms with Gasteiger partial charge < -0.3 is 4.18 Å². The fourth-order valence-electron chi connectivity index (χ4n) is 1.47. The molecule has 1 heterocycles. The largest absolute Gasteiger partial charge is 0.382 e. The summed E-state index contributed by atoms with van der Waals surface area (Å²) in [6, 6.07) is 3.87. The predicted molar refractivity (Wildman–Crippen MR) is 54.2 cm³/mol. The molecule has 0 fully saturated rings. The summed E-state index contributed by atoms with van der Waals surface area (Å²) in [5, 5.41) is 9.06. The minimum atomic E-state index is -3.82. The molecule has 1 aliphatic heterocycles. The van der Waals surface area contributed by atoms with Crippen LogP contribution >= 0.6 is 0 Å². The summed E-state index contributed by atoms with van der Waals surface area (Å²) in [6.45, 7) is 0. The molecule has 2 amide bonds. The molecule has 0 unspecified atom stereocenters. The van der Waals surface area contributed by atoms with E-state index in [1.165, 1.54) is 18.2 Å². The number of rotatable bonds is 2. The van der Waals surface area contributed by atoms with Gasteiger partial charge in [-0.05, 0) is 12.1 Å². The van der Waals surface area contributed by atoms with Gasteiger partial charge in [0.2, 0.25) is 0 Å². The van der Waals surface area contributed by atoms with Crippen molar-refractivity contribution in [3.8, 4) is 5.75 Å². The van der Waals surface area contributed by atoms with Crippen molar-refractivity contribution in [2.24, 2.45) is 0 Å². The van der Waals surface area contributed by atoms with E-state index in [9.17, 15) is 18.0 Å². The fourth-order valence-corrected chi connectivity index (χ4v) is 1.94. The molecule has 0 saturated carbocycles. The summed E-state index contributed by atoms with van der Waals surface area (Å²) < 4.78 is 26.5. The fraction of sp³-hybridized carbons (Fsp3) is 0.111. The average Bonchev–Trinajstić information content (AvgIpc) is 2.43. The lowest BCUT2D eigenvalue weighted by molar-refractivity contribution is -0.0327. The molecule has 1 aromatic rings. The van der Waals surface area contributed by atoms with E-state index in [1.54, 1.807) is 0 Å². The van der Waals surface area contributed by atoms with Gasteiger partial charge in [-0.3, -0.25) is 14.8 Å². The number of imide groups is 1. The molecule has 17 heavy (non-hydrogen) atoms. The third-order valence-corrected chi connectivity index (χ3v) is 2.58. The molecule has 1 aliphatic rings. The van der Waals surface area contributed by atoms with Crippen LogP contribution in [0.25, 0.3) is 0 Å². The molecule has 0 atom stereocenters. The number of hydrogen-bond acceptors (Lipinski definition) is 6. The number of hydroxylamine groups is 2. The lowest BCUT2D eigenvalue weighted by Gasteiger charge is -2.05. The average molecular weight is 257 g/mol. The zero-order valence-electron chi connectivity index (χ0n) is 8.58. The molecule has 0 saturated heterocycles. The summed E-state index contributed by atoms with van der Waals surface area (Å²) >= 11 is 0. The highest BCUT2D eigenvalue weighted by Crippen LogP contribution is 2.30. The Kier molecular flexibility index (Phi) is 2.40. The van der Waals surface area contributed by atoms with E-state index < -0.39 is 21.9 Å². The van der Waals surface area contributed by atoms with Crippen molar-refractivity contribution in [3.05, 3.63) is 29.3 Å². The maximum atomic E-state index is 11.5. The van der Waals surface area contributed by atoms with Gasteiger partial charge in [0.05, 0.1) is 17.4 Å². The van der Waals surface area contributed by atoms with Gasteiger partial charge in [-0.1, -0.05) is 6.07 Å². The Bertz CT molecular complexity index is 620. The molecular formula is C9H7NO6S. The first kappa shape index (κ1) is 11.6. The topological polar surface area (TPSA) is 101 Å². The Morgan fingerprint density at radius 3 is 2.47 bits per heavy atom. The Morgan fingerprint density at radius 1 is 1.24 bits per heavy atom. The van der Waals surface area contributed by atoms with E-state index >= 15 is 0 Å². The molecule has 2 rings (SSSR count). The lowest BCUT2D eigenvalue weighted by atomic mass is 10.1. The number of benzene rings is 1. The minimum absolute atomic E-state index is 0.0835. The molecular weight excluding hydrogens is 250 g/mol. The molecule has 90 valence electrons. The summed E-state index contributed by atoms with van der Waals surface area (Å²) in [4.78, 5) is 22.9. The Balaban J connectivity index is 2.61. The first-order valence-electron chi connectivity index (χ1n) is 4.41. The zero-order valence-corrected chi connectivity index (χ0v) is 9.39. The van der Waals surface area contributed by atoms with Crippen LogP contribution in [0.4, 0.5) is 0 Å². The van der Waals surface area contributed by atoms with Gasteiger partial charge in [-0.25, -0.2) is 0 Å². The van der Waals surface area contributed by atoms with E-state index in [-0.39, 0.29) is 21.9 Å². The van der Waals surface area contributed by atoms with Crippen LogP contribution in [-0.4, -0.2) is 36.8 Å². The second kappa shape index (κ2) is 3.54. The van der Waals surface area contributed by atoms with Crippen molar-refractivity contribution in [2.45, 2.75) is 0 Å². The highest BCUT2D eigenvalue weighted by Gasteiger charge is 2.38. The van der Waals surface area contributed by atoms with Gasteiger partial charge in [-0.2, -0.15) is 8.42 Å². The predicted octanol–water partition coefficient (Wildman–Crippen LogP) is 0.0102. The van der Waals surface area contributed by atoms with E-state index in [0.717, 1.165) is 6.26 Å². The zero-order chi connectivity index (χ0) is 12.8. The van der Waals surface area contributed by atoms with Crippen molar-refractivity contribution < 1.29 is 27.4 Å². The van der Waals surface area contributed by atoms with Crippen molar-refractivity contribution in [2.75, 3.05) is 6.26 Å². The minimum Gasteiger partial charge on any atom is -0.382 e. The first-order chi connectivity index (χ1) is 7.81. The number of carbonyl (C=O) groups is 2. The first-order valence-corrected chi connectivity index (χ1v) is 6.23. The third-order valence-electron chi connectivity index (χ3n) is 2.10. The van der Waals surface area contributed by atoms with E-state index in [1.807, 2.05) is 0 Å². The molecule has 0 aromatic heterocycles. The standard InChI is InChI=1S/C9H7NO6S/c1-17(14,15)16-6-4-2-3-5-7(6)9(12)10(13)8(5)11/h2-4,13H,1H3. The highest BCUT2D eigenvalue weighted by atomic mass is 32.2. The van der Waals surface area contributed by atoms with Crippen molar-refractivity contribution in [1.29, 1.82) is 0 Å². The summed E-state index contributed by atoms with van der Waals surface area (Å²) in [5.41, 5.74) is -0.357. The van der Waals surface area contributed by atoms with Gasteiger partial charge in [0, 0.05) is 0 Å². The van der Waals surface area contributed by atoms with Crippen molar-refractivity contribution in [3.63, 3.8) is 0 Å². The SMILES string of the molecule is CS(=O)(=O)Oc1cccc2c1C(=O)N(O)C2=O. The molecule has 0 spiro atoms. The number of nitrogens with zero attached hydrogens (tertiary/aromatic N) is 1. The van der Waals surface area contributed by atoms with Crippen LogP contribution in [0.3, 0.4) is 0 Å². The molecule has 0 aliphatic carbocycles. The highest BCUT2D eigenvalue weighted by molar-refractivity contribution is 7.86. The van der Waals surface area contributed by atoms with E-state index in [2.05, 4.69) is 4.18 Å². The molecule has 1 N–H and O–H groups in total. The maximum absolute atomic E-state index is 11.5. The van der Waals surface area contributed by atoms with Crippen molar-refractivity contribution >= 4 is 21.9 Å². The van der Waals surface area contributed by atoms with Crippen LogP contribution in [0.2, 0.25) is 0 Å². The van der Waals surface area contributed by atoms with Crippen LogP contribution in [0.5, 0.6) is 5.75 Å². The summed E-state index contributed by atoms with van der Waals surface area (Å²) in [7, 11) is -3.82. The van der Waals surface area contributed by atoms with Gasteiger partial charge in [-0.15, -0.1) is 5.06 Å². The Hall–Kier alpha value is -1.93. The maximum Gasteiger partial charge on any atom is 0.306 e. The van der Waals surface area contributed by atoms with Crippen LogP contribution in [-0.2, 0) is 10.1 Å². The Labute approximate surface area is 96.3 Å². The summed E-state index contributed by atoms with van der Waals surface area (Å²) in [6.07, 6.45) is 0.810. The lowest BCUT2D eigenvalue weighted by Crippen LogP contribution is -2.25. The molecule has 8 heteroatoms. The normalized spacial score (nSPS) is 15.1. The smallest absolute Gasteiger partial charge is 0.306 e. The van der Waals surface area contributed by atoms with Crippen LogP contribution in [0.1, 0.15) is 20.7 Å². The van der Waals surface area contributed by atoms with Gasteiger partial charge in [0.25, 0.3) is 11.8 Å². The van der Waals surface area contributed by atoms with Gasteiger partial charge >= 0.3 is 10.1 Å². The molecule has 1 aromatic carbocycles. The number of amides is 2. The molecule has 0 radical (unpaired) electrons. The van der Waals surface area contributed by atoms with Gasteiger partial charge in [0.15, 0.2) is 5.75 Å². The van der Waals surface area contributed by atoms with Crippen LogP contribution in [0, 0.1) is 0 Å². The number of hydrogen-bond donors (Lipinski definition) is 1. The van der Waals surface area contributed by atoms with E-state index in [0.29, 0.717) is 0 Å². The van der Waals surface area contributed by atoms with E-state index in [4.69, 9.17) is 5.21 Å². The number of carbonyl (C=O) groups excluding carboxylic acids is 2. The molecule has 7 nitrogen and oxygen atoms in total. The quantitative estimate of drug-likeness (QED) is 0.455. The van der Waals surface area contributed by atoms with Crippen LogP contribution in [0.15, 0.2) is 18.2 Å². The van der Waals surface area contributed by atoms with Gasteiger partial charge in [0.1, 0.15) is 0 Å². The summed E-state index contributed by atoms with van der Waals surface area (Å²) in [5.74, 6) is -2.20. The Morgan fingerprint density at radius 2 is 1.88 bits per heavy atom. The second-order valence-corrected chi connectivity index (χ2v) is 4.96. The molecule has 0 bridgehead atoms. The van der Waals surface area contributed by atoms with Crippen molar-refractivity contribution in [1.82, 2.24) is 5.06 Å². The van der Waals surface area contributed by atoms with Crippen LogP contribution < -0.4 is 4.18 Å². The monoisotopic (exact) mass is 257 g/mol.